The number of carbonyl (C=O) groups is 1. The Labute approximate surface area is 108 Å². The fourth-order valence-electron chi connectivity index (χ4n) is 2.33. The minimum absolute atomic E-state index is 0.0536. The molecule has 0 aliphatic heterocycles. The lowest BCUT2D eigenvalue weighted by Crippen LogP contribution is -2.46. The van der Waals surface area contributed by atoms with E-state index in [1.165, 1.54) is 4.68 Å². The van der Waals surface area contributed by atoms with Crippen molar-refractivity contribution in [1.29, 1.82) is 0 Å². The Morgan fingerprint density at radius 2 is 1.89 bits per heavy atom. The van der Waals surface area contributed by atoms with Crippen LogP contribution in [0.4, 0.5) is 0 Å². The summed E-state index contributed by atoms with van der Waals surface area (Å²) in [5.74, 6) is 0.515. The molecular formula is C12H23N5O. The van der Waals surface area contributed by atoms with Crippen molar-refractivity contribution >= 4 is 5.91 Å². The Morgan fingerprint density at radius 1 is 1.28 bits per heavy atom. The first-order valence-electron chi connectivity index (χ1n) is 6.11. The Morgan fingerprint density at radius 3 is 2.33 bits per heavy atom. The molecule has 18 heavy (non-hydrogen) atoms. The fraction of sp³-hybridized carbons (Fsp3) is 0.833. The number of amides is 1. The van der Waals surface area contributed by atoms with Crippen LogP contribution in [0.5, 0.6) is 0 Å². The van der Waals surface area contributed by atoms with Crippen LogP contribution in [0.3, 0.4) is 0 Å². The lowest BCUT2D eigenvalue weighted by atomic mass is 9.82. The summed E-state index contributed by atoms with van der Waals surface area (Å²) in [4.78, 5) is 11.9. The lowest BCUT2D eigenvalue weighted by molar-refractivity contribution is -0.122. The zero-order valence-corrected chi connectivity index (χ0v) is 12.1. The maximum Gasteiger partial charge on any atom is 0.228 e. The number of nitrogens with zero attached hydrogens (tertiary/aromatic N) is 4. The Hall–Kier alpha value is -1.46. The average molecular weight is 253 g/mol. The Kier molecular flexibility index (Phi) is 4.09. The van der Waals surface area contributed by atoms with Crippen LogP contribution in [0, 0.1) is 5.41 Å². The number of hydrogen-bond acceptors (Lipinski definition) is 4. The van der Waals surface area contributed by atoms with E-state index >= 15 is 0 Å². The second-order valence-electron chi connectivity index (χ2n) is 6.56. The van der Waals surface area contributed by atoms with Gasteiger partial charge in [-0.25, -0.2) is 4.68 Å². The van der Waals surface area contributed by atoms with Crippen LogP contribution in [0.1, 0.15) is 46.9 Å². The van der Waals surface area contributed by atoms with Crippen LogP contribution >= 0.6 is 0 Å². The van der Waals surface area contributed by atoms with E-state index in [0.29, 0.717) is 5.82 Å². The zero-order chi connectivity index (χ0) is 14.0. The van der Waals surface area contributed by atoms with Crippen LogP contribution in [0.25, 0.3) is 0 Å². The number of rotatable bonds is 4. The zero-order valence-electron chi connectivity index (χ0n) is 12.1. The molecular weight excluding hydrogens is 230 g/mol. The highest BCUT2D eigenvalue weighted by Crippen LogP contribution is 2.26. The third-order valence-corrected chi connectivity index (χ3v) is 2.48. The van der Waals surface area contributed by atoms with E-state index in [9.17, 15) is 4.79 Å². The standard InChI is InChI=1S/C12H23N5O/c1-11(2,3)8-12(4,5)13-10(18)7-9-14-15-16-17(9)6/h7-8H2,1-6H3,(H,13,18). The molecule has 0 aliphatic carbocycles. The van der Waals surface area contributed by atoms with E-state index in [0.717, 1.165) is 6.42 Å². The van der Waals surface area contributed by atoms with E-state index in [1.807, 2.05) is 13.8 Å². The molecule has 1 heterocycles. The molecule has 1 aromatic heterocycles. The van der Waals surface area contributed by atoms with E-state index in [4.69, 9.17) is 0 Å². The highest BCUT2D eigenvalue weighted by atomic mass is 16.1. The van der Waals surface area contributed by atoms with Crippen molar-refractivity contribution < 1.29 is 4.79 Å². The molecule has 1 rings (SSSR count). The molecule has 0 unspecified atom stereocenters. The molecule has 1 amide bonds. The number of tetrazole rings is 1. The second kappa shape index (κ2) is 5.04. The largest absolute Gasteiger partial charge is 0.351 e. The molecule has 0 radical (unpaired) electrons. The maximum atomic E-state index is 11.9. The first kappa shape index (κ1) is 14.6. The molecule has 0 atom stereocenters. The smallest absolute Gasteiger partial charge is 0.228 e. The quantitative estimate of drug-likeness (QED) is 0.871. The van der Waals surface area contributed by atoms with E-state index in [1.54, 1.807) is 7.05 Å². The number of nitrogens with one attached hydrogen (secondary N) is 1. The van der Waals surface area contributed by atoms with Gasteiger partial charge < -0.3 is 5.32 Å². The first-order chi connectivity index (χ1) is 8.09. The van der Waals surface area contributed by atoms with Gasteiger partial charge in [0.25, 0.3) is 0 Å². The number of carbonyl (C=O) groups excluding carboxylic acids is 1. The Balaban J connectivity index is 2.57. The van der Waals surface area contributed by atoms with Crippen molar-refractivity contribution in [2.75, 3.05) is 0 Å². The predicted octanol–water partition coefficient (Wildman–Crippen LogP) is 1.08. The molecule has 0 fully saturated rings. The van der Waals surface area contributed by atoms with Crippen molar-refractivity contribution in [2.24, 2.45) is 12.5 Å². The van der Waals surface area contributed by atoms with Gasteiger partial charge in [0, 0.05) is 12.6 Å². The summed E-state index contributed by atoms with van der Waals surface area (Å²) < 4.78 is 1.51. The lowest BCUT2D eigenvalue weighted by Gasteiger charge is -2.33. The van der Waals surface area contributed by atoms with Crippen molar-refractivity contribution in [3.63, 3.8) is 0 Å². The minimum atomic E-state index is -0.235. The number of aromatic nitrogens is 4. The van der Waals surface area contributed by atoms with Gasteiger partial charge >= 0.3 is 0 Å². The monoisotopic (exact) mass is 253 g/mol. The molecule has 102 valence electrons. The van der Waals surface area contributed by atoms with Crippen LogP contribution < -0.4 is 5.32 Å². The van der Waals surface area contributed by atoms with Gasteiger partial charge in [0.05, 0.1) is 6.42 Å². The van der Waals surface area contributed by atoms with Gasteiger partial charge in [-0.05, 0) is 36.1 Å². The highest BCUT2D eigenvalue weighted by molar-refractivity contribution is 5.78. The molecule has 0 spiro atoms. The van der Waals surface area contributed by atoms with Gasteiger partial charge in [0.1, 0.15) is 0 Å². The number of hydrogen-bond donors (Lipinski definition) is 1. The summed E-state index contributed by atoms with van der Waals surface area (Å²) >= 11 is 0. The summed E-state index contributed by atoms with van der Waals surface area (Å²) in [7, 11) is 1.73. The SMILES string of the molecule is Cn1nnnc1CC(=O)NC(C)(C)CC(C)(C)C. The molecule has 0 saturated carbocycles. The third-order valence-electron chi connectivity index (χ3n) is 2.48. The van der Waals surface area contributed by atoms with Crippen molar-refractivity contribution in [2.45, 2.75) is 53.0 Å². The average Bonchev–Trinajstić information content (AvgIpc) is 2.45. The van der Waals surface area contributed by atoms with Gasteiger partial charge in [-0.1, -0.05) is 20.8 Å². The van der Waals surface area contributed by atoms with Crippen LogP contribution in [-0.4, -0.2) is 31.7 Å². The van der Waals surface area contributed by atoms with Gasteiger partial charge in [-0.15, -0.1) is 5.10 Å². The molecule has 0 bridgehead atoms. The minimum Gasteiger partial charge on any atom is -0.351 e. The predicted molar refractivity (Wildman–Crippen MR) is 68.8 cm³/mol. The third kappa shape index (κ3) is 4.81. The summed E-state index contributed by atoms with van der Waals surface area (Å²) in [6, 6.07) is 0. The summed E-state index contributed by atoms with van der Waals surface area (Å²) in [6.07, 6.45) is 1.11. The van der Waals surface area contributed by atoms with Crippen LogP contribution in [0.2, 0.25) is 0 Å². The second-order valence-corrected chi connectivity index (χ2v) is 6.56. The van der Waals surface area contributed by atoms with Crippen LogP contribution in [0.15, 0.2) is 0 Å². The summed E-state index contributed by atoms with van der Waals surface area (Å²) in [5, 5.41) is 14.0. The van der Waals surface area contributed by atoms with E-state index in [2.05, 4.69) is 41.6 Å². The molecule has 0 aromatic carbocycles. The molecule has 6 heteroatoms. The molecule has 0 aliphatic rings. The van der Waals surface area contributed by atoms with Gasteiger partial charge in [0.2, 0.25) is 5.91 Å². The van der Waals surface area contributed by atoms with E-state index < -0.39 is 0 Å². The highest BCUT2D eigenvalue weighted by Gasteiger charge is 2.27. The maximum absolute atomic E-state index is 11.9. The molecule has 0 saturated heterocycles. The van der Waals surface area contributed by atoms with E-state index in [-0.39, 0.29) is 23.3 Å². The van der Waals surface area contributed by atoms with Gasteiger partial charge in [-0.3, -0.25) is 4.79 Å². The first-order valence-corrected chi connectivity index (χ1v) is 6.11. The van der Waals surface area contributed by atoms with Crippen molar-refractivity contribution in [3.8, 4) is 0 Å². The van der Waals surface area contributed by atoms with Crippen molar-refractivity contribution in [3.05, 3.63) is 5.82 Å². The summed E-state index contributed by atoms with van der Waals surface area (Å²) in [6.45, 7) is 10.5. The van der Waals surface area contributed by atoms with Crippen LogP contribution in [-0.2, 0) is 18.3 Å². The van der Waals surface area contributed by atoms with Crippen molar-refractivity contribution in [1.82, 2.24) is 25.5 Å². The van der Waals surface area contributed by atoms with Gasteiger partial charge in [-0.2, -0.15) is 0 Å². The molecule has 1 N–H and O–H groups in total. The normalized spacial score (nSPS) is 12.6. The molecule has 6 nitrogen and oxygen atoms in total. The number of aryl methyl sites for hydroxylation is 1. The fourth-order valence-corrected chi connectivity index (χ4v) is 2.33. The topological polar surface area (TPSA) is 72.7 Å². The summed E-state index contributed by atoms with van der Waals surface area (Å²) in [5.41, 5.74) is -0.0650. The Bertz CT molecular complexity index is 416. The molecule has 1 aromatic rings. The van der Waals surface area contributed by atoms with Gasteiger partial charge in [0.15, 0.2) is 5.82 Å².